The van der Waals surface area contributed by atoms with E-state index in [1.807, 2.05) is 30.3 Å². The number of aromatic nitrogens is 2. The summed E-state index contributed by atoms with van der Waals surface area (Å²) in [5.74, 6) is -0.864. The summed E-state index contributed by atoms with van der Waals surface area (Å²) in [5.41, 5.74) is 15.2. The van der Waals surface area contributed by atoms with Gasteiger partial charge >= 0.3 is 0 Å². The molecule has 7 heteroatoms. The SMILES string of the molecule is NC(=O)/C(=C/c1c[nH]c2ncc(NC(=O)c3ccccc3N)cc12)c1ccccc1. The lowest BCUT2D eigenvalue weighted by molar-refractivity contribution is -0.112. The van der Waals surface area contributed by atoms with Crippen LogP contribution in [0.2, 0.25) is 0 Å². The van der Waals surface area contributed by atoms with E-state index >= 15 is 0 Å². The topological polar surface area (TPSA) is 127 Å². The van der Waals surface area contributed by atoms with E-state index in [2.05, 4.69) is 15.3 Å². The Morgan fingerprint density at radius 2 is 1.77 bits per heavy atom. The Balaban J connectivity index is 1.70. The summed E-state index contributed by atoms with van der Waals surface area (Å²) >= 11 is 0. The lowest BCUT2D eigenvalue weighted by Crippen LogP contribution is -2.14. The summed E-state index contributed by atoms with van der Waals surface area (Å²) in [6.45, 7) is 0. The average Bonchev–Trinajstić information content (AvgIpc) is 3.14. The fourth-order valence-electron chi connectivity index (χ4n) is 3.18. The Morgan fingerprint density at radius 1 is 1.03 bits per heavy atom. The lowest BCUT2D eigenvalue weighted by atomic mass is 10.0. The number of aromatic amines is 1. The zero-order chi connectivity index (χ0) is 21.1. The van der Waals surface area contributed by atoms with Gasteiger partial charge < -0.3 is 21.8 Å². The number of amides is 2. The van der Waals surface area contributed by atoms with E-state index in [4.69, 9.17) is 11.5 Å². The first-order chi connectivity index (χ1) is 14.5. The standard InChI is InChI=1S/C23H19N5O2/c24-20-9-5-4-8-17(20)23(30)28-16-11-19-15(12-26-22(19)27-13-16)10-18(21(25)29)14-6-2-1-3-7-14/h1-13H,24H2,(H2,25,29)(H,26,27)(H,28,30)/b18-10+. The van der Waals surface area contributed by atoms with Crippen LogP contribution in [0, 0.1) is 0 Å². The highest BCUT2D eigenvalue weighted by molar-refractivity contribution is 6.24. The predicted molar refractivity (Wildman–Crippen MR) is 118 cm³/mol. The number of nitrogen functional groups attached to an aromatic ring is 1. The van der Waals surface area contributed by atoms with Crippen molar-refractivity contribution in [3.05, 3.63) is 89.7 Å². The van der Waals surface area contributed by atoms with Crippen molar-refractivity contribution in [2.24, 2.45) is 5.73 Å². The van der Waals surface area contributed by atoms with Gasteiger partial charge in [-0.2, -0.15) is 0 Å². The molecule has 30 heavy (non-hydrogen) atoms. The summed E-state index contributed by atoms with van der Waals surface area (Å²) in [6, 6.07) is 17.8. The normalized spacial score (nSPS) is 11.4. The Hall–Kier alpha value is -4.39. The molecule has 0 fully saturated rings. The maximum Gasteiger partial charge on any atom is 0.257 e. The van der Waals surface area contributed by atoms with Crippen molar-refractivity contribution in [1.82, 2.24) is 9.97 Å². The van der Waals surface area contributed by atoms with Crippen LogP contribution in [-0.4, -0.2) is 21.8 Å². The molecule has 0 atom stereocenters. The van der Waals surface area contributed by atoms with E-state index in [9.17, 15) is 9.59 Å². The number of pyridine rings is 1. The maximum absolute atomic E-state index is 12.5. The quantitative estimate of drug-likeness (QED) is 0.304. The summed E-state index contributed by atoms with van der Waals surface area (Å²) in [7, 11) is 0. The van der Waals surface area contributed by atoms with Crippen molar-refractivity contribution >= 4 is 45.9 Å². The number of carbonyl (C=O) groups is 2. The molecule has 4 aromatic rings. The molecular weight excluding hydrogens is 378 g/mol. The molecular formula is C23H19N5O2. The minimum Gasteiger partial charge on any atom is -0.398 e. The Morgan fingerprint density at radius 3 is 2.50 bits per heavy atom. The van der Waals surface area contributed by atoms with Crippen LogP contribution < -0.4 is 16.8 Å². The van der Waals surface area contributed by atoms with Crippen LogP contribution in [-0.2, 0) is 4.79 Å². The number of hydrogen-bond acceptors (Lipinski definition) is 4. The zero-order valence-corrected chi connectivity index (χ0v) is 15.9. The van der Waals surface area contributed by atoms with Crippen molar-refractivity contribution < 1.29 is 9.59 Å². The fourth-order valence-corrected chi connectivity index (χ4v) is 3.18. The van der Waals surface area contributed by atoms with Gasteiger partial charge in [-0.1, -0.05) is 42.5 Å². The first-order valence-electron chi connectivity index (χ1n) is 9.23. The number of benzene rings is 2. The molecule has 2 aromatic carbocycles. The first-order valence-corrected chi connectivity index (χ1v) is 9.23. The van der Waals surface area contributed by atoms with Gasteiger partial charge in [-0.15, -0.1) is 0 Å². The van der Waals surface area contributed by atoms with E-state index in [0.717, 1.165) is 16.5 Å². The Labute approximate surface area is 172 Å². The number of hydrogen-bond donors (Lipinski definition) is 4. The van der Waals surface area contributed by atoms with Crippen LogP contribution in [0.3, 0.4) is 0 Å². The molecule has 2 aromatic heterocycles. The average molecular weight is 397 g/mol. The maximum atomic E-state index is 12.5. The molecule has 0 aliphatic carbocycles. The fraction of sp³-hybridized carbons (Fsp3) is 0. The smallest absolute Gasteiger partial charge is 0.257 e. The molecule has 6 N–H and O–H groups in total. The third-order valence-corrected chi connectivity index (χ3v) is 4.68. The third-order valence-electron chi connectivity index (χ3n) is 4.68. The van der Waals surface area contributed by atoms with Crippen molar-refractivity contribution in [3.8, 4) is 0 Å². The van der Waals surface area contributed by atoms with Gasteiger partial charge in [0.25, 0.3) is 5.91 Å². The second-order valence-corrected chi connectivity index (χ2v) is 6.69. The highest BCUT2D eigenvalue weighted by Gasteiger charge is 2.13. The van der Waals surface area contributed by atoms with Crippen LogP contribution in [0.5, 0.6) is 0 Å². The third kappa shape index (κ3) is 3.77. The Bertz CT molecular complexity index is 1280. The highest BCUT2D eigenvalue weighted by atomic mass is 16.2. The number of H-pyrrole nitrogens is 1. The second-order valence-electron chi connectivity index (χ2n) is 6.69. The number of nitrogens with one attached hydrogen (secondary N) is 2. The first kappa shape index (κ1) is 18.9. The van der Waals surface area contributed by atoms with Gasteiger partial charge in [-0.3, -0.25) is 9.59 Å². The van der Waals surface area contributed by atoms with Gasteiger partial charge in [0, 0.05) is 28.4 Å². The summed E-state index contributed by atoms with van der Waals surface area (Å²) in [5, 5.41) is 3.55. The lowest BCUT2D eigenvalue weighted by Gasteiger charge is -2.07. The molecule has 7 nitrogen and oxygen atoms in total. The molecule has 0 saturated carbocycles. The van der Waals surface area contributed by atoms with Crippen LogP contribution in [0.1, 0.15) is 21.5 Å². The molecule has 0 unspecified atom stereocenters. The van der Waals surface area contributed by atoms with Crippen molar-refractivity contribution in [1.29, 1.82) is 0 Å². The molecule has 148 valence electrons. The monoisotopic (exact) mass is 397 g/mol. The molecule has 4 rings (SSSR count). The molecule has 0 radical (unpaired) electrons. The molecule has 2 heterocycles. The van der Waals surface area contributed by atoms with Crippen LogP contribution >= 0.6 is 0 Å². The highest BCUT2D eigenvalue weighted by Crippen LogP contribution is 2.25. The van der Waals surface area contributed by atoms with Crippen LogP contribution in [0.15, 0.2) is 73.1 Å². The summed E-state index contributed by atoms with van der Waals surface area (Å²) < 4.78 is 0. The number of nitrogens with two attached hydrogens (primary N) is 2. The number of rotatable bonds is 5. The number of primary amides is 1. The van der Waals surface area contributed by atoms with E-state index in [0.29, 0.717) is 28.2 Å². The minimum absolute atomic E-state index is 0.330. The van der Waals surface area contributed by atoms with Crippen molar-refractivity contribution in [2.45, 2.75) is 0 Å². The van der Waals surface area contributed by atoms with Gasteiger partial charge in [-0.05, 0) is 29.8 Å². The molecule has 0 aliphatic rings. The van der Waals surface area contributed by atoms with E-state index in [1.165, 1.54) is 0 Å². The van der Waals surface area contributed by atoms with Gasteiger partial charge in [0.1, 0.15) is 5.65 Å². The van der Waals surface area contributed by atoms with Crippen LogP contribution in [0.4, 0.5) is 11.4 Å². The molecule has 0 saturated heterocycles. The largest absolute Gasteiger partial charge is 0.398 e. The molecule has 0 bridgehead atoms. The van der Waals surface area contributed by atoms with Crippen molar-refractivity contribution in [3.63, 3.8) is 0 Å². The molecule has 2 amide bonds. The van der Waals surface area contributed by atoms with E-state index in [-0.39, 0.29) is 5.91 Å². The second kappa shape index (κ2) is 7.92. The van der Waals surface area contributed by atoms with Crippen molar-refractivity contribution in [2.75, 3.05) is 11.1 Å². The van der Waals surface area contributed by atoms with Gasteiger partial charge in [0.15, 0.2) is 0 Å². The number of fused-ring (bicyclic) bond motifs is 1. The summed E-state index contributed by atoms with van der Waals surface area (Å²) in [4.78, 5) is 32.0. The van der Waals surface area contributed by atoms with Gasteiger partial charge in [0.05, 0.1) is 17.4 Å². The van der Waals surface area contributed by atoms with Crippen LogP contribution in [0.25, 0.3) is 22.7 Å². The van der Waals surface area contributed by atoms with Gasteiger partial charge in [0.2, 0.25) is 5.91 Å². The molecule has 0 spiro atoms. The Kier molecular flexibility index (Phi) is 5.00. The molecule has 0 aliphatic heterocycles. The zero-order valence-electron chi connectivity index (χ0n) is 15.9. The van der Waals surface area contributed by atoms with Gasteiger partial charge in [-0.25, -0.2) is 4.98 Å². The minimum atomic E-state index is -0.535. The van der Waals surface area contributed by atoms with E-state index < -0.39 is 5.91 Å². The number of nitrogens with zero attached hydrogens (tertiary/aromatic N) is 1. The number of para-hydroxylation sites is 1. The number of carbonyl (C=O) groups excluding carboxylic acids is 2. The van der Waals surface area contributed by atoms with E-state index in [1.54, 1.807) is 48.8 Å². The summed E-state index contributed by atoms with van der Waals surface area (Å²) in [6.07, 6.45) is 5.00. The predicted octanol–water partition coefficient (Wildman–Crippen LogP) is 3.42. The number of anilines is 2.